The number of alkyl halides is 3. The number of H-pyrrole nitrogens is 1. The van der Waals surface area contributed by atoms with Gasteiger partial charge in [-0.1, -0.05) is 12.1 Å². The van der Waals surface area contributed by atoms with Gasteiger partial charge in [0, 0.05) is 42.4 Å². The van der Waals surface area contributed by atoms with Gasteiger partial charge in [-0.3, -0.25) is 9.89 Å². The van der Waals surface area contributed by atoms with Crippen LogP contribution in [0.4, 0.5) is 18.9 Å². The average Bonchev–Trinajstić information content (AvgIpc) is 3.31. The highest BCUT2D eigenvalue weighted by molar-refractivity contribution is 7.89. The fourth-order valence-electron chi connectivity index (χ4n) is 5.69. The predicted molar refractivity (Wildman–Crippen MR) is 125 cm³/mol. The van der Waals surface area contributed by atoms with Crippen LogP contribution >= 0.6 is 0 Å². The molecule has 0 saturated carbocycles. The number of β-lactam (4-membered cyclic amide) rings is 1. The second-order valence-electron chi connectivity index (χ2n) is 9.59. The molecule has 3 unspecified atom stereocenters. The molecule has 1 amide bonds. The monoisotopic (exact) mass is 516 g/mol. The summed E-state index contributed by atoms with van der Waals surface area (Å²) in [6.07, 6.45) is -0.804. The molecule has 11 heteroatoms. The summed E-state index contributed by atoms with van der Waals surface area (Å²) in [4.78, 5) is 13.3. The Kier molecular flexibility index (Phi) is 5.27. The van der Waals surface area contributed by atoms with E-state index in [0.29, 0.717) is 32.2 Å². The zero-order chi connectivity index (χ0) is 25.2. The molecule has 3 aliphatic heterocycles. The first-order chi connectivity index (χ1) is 17.1. The smallest absolute Gasteiger partial charge is 0.312 e. The van der Waals surface area contributed by atoms with E-state index in [2.05, 4.69) is 10.2 Å². The zero-order valence-electron chi connectivity index (χ0n) is 19.1. The van der Waals surface area contributed by atoms with Gasteiger partial charge in [0.15, 0.2) is 0 Å². The van der Waals surface area contributed by atoms with E-state index in [1.54, 1.807) is 11.1 Å². The summed E-state index contributed by atoms with van der Waals surface area (Å²) >= 11 is 0. The molecule has 3 aliphatic rings. The summed E-state index contributed by atoms with van der Waals surface area (Å²) in [5, 5.41) is 7.11. The maximum atomic E-state index is 13.7. The summed E-state index contributed by atoms with van der Waals surface area (Å²) < 4.78 is 67.9. The van der Waals surface area contributed by atoms with Crippen molar-refractivity contribution in [3.63, 3.8) is 0 Å². The minimum Gasteiger partial charge on any atom is -0.312 e. The molecule has 36 heavy (non-hydrogen) atoms. The quantitative estimate of drug-likeness (QED) is 0.521. The van der Waals surface area contributed by atoms with Crippen LogP contribution in [0.2, 0.25) is 0 Å². The molecule has 2 saturated heterocycles. The van der Waals surface area contributed by atoms with Crippen LogP contribution in [0.15, 0.2) is 59.6 Å². The summed E-state index contributed by atoms with van der Waals surface area (Å²) in [5.74, 6) is 0.190. The number of sulfonamides is 1. The van der Waals surface area contributed by atoms with Crippen LogP contribution in [0, 0.1) is 0 Å². The van der Waals surface area contributed by atoms with Crippen molar-refractivity contribution in [3.05, 3.63) is 77.1 Å². The van der Waals surface area contributed by atoms with Gasteiger partial charge in [0.05, 0.1) is 22.7 Å². The van der Waals surface area contributed by atoms with Crippen LogP contribution in [0.3, 0.4) is 0 Å². The van der Waals surface area contributed by atoms with E-state index >= 15 is 0 Å². The molecule has 0 spiro atoms. The topological polar surface area (TPSA) is 86.4 Å². The Morgan fingerprint density at radius 2 is 1.72 bits per heavy atom. The number of aromatic amines is 1. The second-order valence-corrected chi connectivity index (χ2v) is 11.4. The van der Waals surface area contributed by atoms with Gasteiger partial charge >= 0.3 is 6.18 Å². The van der Waals surface area contributed by atoms with Gasteiger partial charge in [-0.05, 0) is 60.7 Å². The lowest BCUT2D eigenvalue weighted by molar-refractivity contribution is -0.137. The highest BCUT2D eigenvalue weighted by Crippen LogP contribution is 2.49. The van der Waals surface area contributed by atoms with Crippen molar-refractivity contribution in [3.8, 4) is 0 Å². The second kappa shape index (κ2) is 8.17. The van der Waals surface area contributed by atoms with Crippen LogP contribution in [0.25, 0.3) is 0 Å². The molecule has 2 fully saturated rings. The number of anilines is 1. The zero-order valence-corrected chi connectivity index (χ0v) is 19.9. The number of halogens is 3. The summed E-state index contributed by atoms with van der Waals surface area (Å²) in [6.45, 7) is 0.714. The van der Waals surface area contributed by atoms with Crippen LogP contribution in [-0.4, -0.2) is 41.4 Å². The SMILES string of the molecule is O=C1CCN1c1ccc(C2CC3Cc4[nH]ncc4C(C2)N3S(=O)(=O)c2ccc(C(F)(F)F)cc2)cc1. The van der Waals surface area contributed by atoms with Gasteiger partial charge in [-0.15, -0.1) is 0 Å². The molecule has 3 aromatic rings. The number of nitrogens with one attached hydrogen (secondary N) is 1. The lowest BCUT2D eigenvalue weighted by Crippen LogP contribution is -2.51. The number of fused-ring (bicyclic) bond motifs is 4. The number of nitrogens with zero attached hydrogens (tertiary/aromatic N) is 3. The standard InChI is InChI=1S/C25H23F3N4O3S/c26-25(27,28)17-3-7-20(8-4-17)36(34,35)32-19-11-16(12-23(32)21-14-29-30-22(21)13-19)15-1-5-18(6-2-15)31-10-9-24(31)33/h1-8,14,16,19,23H,9-13H2,(H,29,30). The number of rotatable bonds is 4. The molecule has 4 heterocycles. The van der Waals surface area contributed by atoms with E-state index in [9.17, 15) is 26.4 Å². The van der Waals surface area contributed by atoms with Crippen molar-refractivity contribution in [1.29, 1.82) is 0 Å². The molecular formula is C25H23F3N4O3S. The molecule has 3 atom stereocenters. The summed E-state index contributed by atoms with van der Waals surface area (Å²) in [7, 11) is -4.05. The molecule has 0 radical (unpaired) electrons. The third-order valence-electron chi connectivity index (χ3n) is 7.57. The van der Waals surface area contributed by atoms with E-state index in [0.717, 1.165) is 46.8 Å². The molecule has 188 valence electrons. The number of amides is 1. The third kappa shape index (κ3) is 3.72. The van der Waals surface area contributed by atoms with Crippen molar-refractivity contribution < 1.29 is 26.4 Å². The molecule has 1 N–H and O–H groups in total. The Hall–Kier alpha value is -3.18. The number of aromatic nitrogens is 2. The van der Waals surface area contributed by atoms with Crippen molar-refractivity contribution in [2.45, 2.75) is 54.8 Å². The molecule has 6 rings (SSSR count). The van der Waals surface area contributed by atoms with E-state index in [1.807, 2.05) is 24.3 Å². The van der Waals surface area contributed by atoms with Crippen molar-refractivity contribution in [2.75, 3.05) is 11.4 Å². The maximum Gasteiger partial charge on any atom is 0.416 e. The van der Waals surface area contributed by atoms with E-state index in [-0.39, 0.29) is 22.8 Å². The van der Waals surface area contributed by atoms with Crippen molar-refractivity contribution in [1.82, 2.24) is 14.5 Å². The number of hydrogen-bond acceptors (Lipinski definition) is 4. The van der Waals surface area contributed by atoms with Crippen LogP contribution in [-0.2, 0) is 27.4 Å². The van der Waals surface area contributed by atoms with Gasteiger partial charge < -0.3 is 4.90 Å². The van der Waals surface area contributed by atoms with Crippen LogP contribution < -0.4 is 4.90 Å². The molecule has 2 bridgehead atoms. The van der Waals surface area contributed by atoms with Crippen LogP contribution in [0.5, 0.6) is 0 Å². The molecule has 1 aromatic heterocycles. The minimum atomic E-state index is -4.54. The number of benzene rings is 2. The summed E-state index contributed by atoms with van der Waals surface area (Å²) in [6, 6.07) is 10.7. The Balaban J connectivity index is 1.31. The number of carbonyl (C=O) groups is 1. The minimum absolute atomic E-state index is 0.0863. The largest absolute Gasteiger partial charge is 0.416 e. The number of piperidine rings is 1. The van der Waals surface area contributed by atoms with Gasteiger partial charge in [0.2, 0.25) is 15.9 Å². The Labute approximate surface area is 206 Å². The fourth-order valence-corrected chi connectivity index (χ4v) is 7.50. The molecule has 0 aliphatic carbocycles. The first-order valence-corrected chi connectivity index (χ1v) is 13.2. The first-order valence-electron chi connectivity index (χ1n) is 11.8. The lowest BCUT2D eigenvalue weighted by atomic mass is 9.76. The van der Waals surface area contributed by atoms with E-state index in [1.165, 1.54) is 4.31 Å². The Morgan fingerprint density at radius 1 is 1.00 bits per heavy atom. The number of hydrogen-bond donors (Lipinski definition) is 1. The normalized spacial score (nSPS) is 24.4. The van der Waals surface area contributed by atoms with Crippen molar-refractivity contribution >= 4 is 21.6 Å². The molecule has 7 nitrogen and oxygen atoms in total. The Morgan fingerprint density at radius 3 is 2.33 bits per heavy atom. The van der Waals surface area contributed by atoms with Crippen LogP contribution in [0.1, 0.15) is 53.6 Å². The Bertz CT molecular complexity index is 1420. The number of carbonyl (C=O) groups excluding carboxylic acids is 1. The maximum absolute atomic E-state index is 13.7. The predicted octanol–water partition coefficient (Wildman–Crippen LogP) is 4.40. The van der Waals surface area contributed by atoms with Crippen molar-refractivity contribution in [2.24, 2.45) is 0 Å². The molecule has 2 aromatic carbocycles. The molecular weight excluding hydrogens is 493 g/mol. The van der Waals surface area contributed by atoms with Gasteiger partial charge in [0.25, 0.3) is 0 Å². The highest BCUT2D eigenvalue weighted by Gasteiger charge is 2.48. The average molecular weight is 517 g/mol. The fraction of sp³-hybridized carbons (Fsp3) is 0.360. The third-order valence-corrected chi connectivity index (χ3v) is 9.54. The van der Waals surface area contributed by atoms with E-state index in [4.69, 9.17) is 0 Å². The van der Waals surface area contributed by atoms with Gasteiger partial charge in [0.1, 0.15) is 0 Å². The van der Waals surface area contributed by atoms with Gasteiger partial charge in [-0.2, -0.15) is 22.6 Å². The first kappa shape index (κ1) is 23.2. The van der Waals surface area contributed by atoms with E-state index < -0.39 is 27.8 Å². The highest BCUT2D eigenvalue weighted by atomic mass is 32.2. The lowest BCUT2D eigenvalue weighted by Gasteiger charge is -2.47. The summed E-state index contributed by atoms with van der Waals surface area (Å²) in [5.41, 5.74) is 2.74. The van der Waals surface area contributed by atoms with Gasteiger partial charge in [-0.25, -0.2) is 8.42 Å².